The van der Waals surface area contributed by atoms with Gasteiger partial charge in [-0.25, -0.2) is 0 Å². The smallest absolute Gasteiger partial charge is 0.0624 e. The van der Waals surface area contributed by atoms with Crippen LogP contribution in [0, 0.1) is 0 Å². The first kappa shape index (κ1) is 14.8. The first-order valence-corrected chi connectivity index (χ1v) is 7.98. The summed E-state index contributed by atoms with van der Waals surface area (Å²) >= 11 is 0. The molecule has 2 radical (unpaired) electrons. The predicted molar refractivity (Wildman–Crippen MR) is 84.0 cm³/mol. The first-order valence-electron chi connectivity index (χ1n) is 6.48. The third-order valence-electron chi connectivity index (χ3n) is 3.19. The Balaban J connectivity index is 0.00000147. The molecule has 0 nitrogen and oxygen atoms in total. The standard InChI is InChI=1S/C18H15Si.Co/c1-4-10-16(11-5-1)19(17-12-6-2-7-13-17)18-14-8-3-9-15-18;/h1-15H;. The van der Waals surface area contributed by atoms with E-state index in [1.165, 1.54) is 15.6 Å². The zero-order chi connectivity index (χ0) is 12.9. The normalized spacial score (nSPS) is 10.1. The van der Waals surface area contributed by atoms with Crippen LogP contribution < -0.4 is 15.6 Å². The maximum absolute atomic E-state index is 2.24. The molecule has 3 aromatic rings. The van der Waals surface area contributed by atoms with Crippen molar-refractivity contribution in [3.63, 3.8) is 0 Å². The summed E-state index contributed by atoms with van der Waals surface area (Å²) in [5.74, 6) is 0. The summed E-state index contributed by atoms with van der Waals surface area (Å²) < 4.78 is 0. The molecule has 0 unspecified atom stereocenters. The van der Waals surface area contributed by atoms with Crippen LogP contribution in [0.2, 0.25) is 0 Å². The summed E-state index contributed by atoms with van der Waals surface area (Å²) in [6.07, 6.45) is 0. The van der Waals surface area contributed by atoms with E-state index in [1.54, 1.807) is 0 Å². The van der Waals surface area contributed by atoms with Crippen LogP contribution in [0.25, 0.3) is 0 Å². The van der Waals surface area contributed by atoms with Crippen molar-refractivity contribution < 1.29 is 16.8 Å². The third kappa shape index (κ3) is 3.28. The molecule has 20 heavy (non-hydrogen) atoms. The SMILES string of the molecule is [Co].c1ccc([Si](c2ccccc2)c2ccccc2)cc1. The van der Waals surface area contributed by atoms with Gasteiger partial charge in [0.1, 0.15) is 0 Å². The van der Waals surface area contributed by atoms with Crippen LogP contribution >= 0.6 is 0 Å². The van der Waals surface area contributed by atoms with E-state index in [0.717, 1.165) is 0 Å². The first-order chi connectivity index (χ1) is 9.45. The average Bonchev–Trinajstić information content (AvgIpc) is 2.51. The van der Waals surface area contributed by atoms with Gasteiger partial charge in [0.25, 0.3) is 0 Å². The van der Waals surface area contributed by atoms with Crippen LogP contribution in [0.5, 0.6) is 0 Å². The van der Waals surface area contributed by atoms with Gasteiger partial charge in [0, 0.05) is 16.8 Å². The van der Waals surface area contributed by atoms with E-state index >= 15 is 0 Å². The summed E-state index contributed by atoms with van der Waals surface area (Å²) in [5.41, 5.74) is 0. The maximum Gasteiger partial charge on any atom is 0.154 e. The Morgan fingerprint density at radius 1 is 0.400 bits per heavy atom. The quantitative estimate of drug-likeness (QED) is 0.513. The summed E-state index contributed by atoms with van der Waals surface area (Å²) in [6.45, 7) is 0. The van der Waals surface area contributed by atoms with Crippen molar-refractivity contribution in [1.29, 1.82) is 0 Å². The Bertz CT molecular complexity index is 529. The Morgan fingerprint density at radius 3 is 0.900 bits per heavy atom. The fraction of sp³-hybridized carbons (Fsp3) is 0. The molecule has 0 atom stereocenters. The molecule has 2 heteroatoms. The van der Waals surface area contributed by atoms with E-state index in [0.29, 0.717) is 0 Å². The fourth-order valence-corrected chi connectivity index (χ4v) is 4.89. The second-order valence-corrected chi connectivity index (χ2v) is 6.96. The van der Waals surface area contributed by atoms with E-state index in [9.17, 15) is 0 Å². The third-order valence-corrected chi connectivity index (χ3v) is 5.92. The Hall–Kier alpha value is -1.62. The summed E-state index contributed by atoms with van der Waals surface area (Å²) in [5, 5.41) is 4.31. The van der Waals surface area contributed by atoms with Crippen LogP contribution in [0.15, 0.2) is 91.0 Å². The van der Waals surface area contributed by atoms with Crippen molar-refractivity contribution in [2.75, 3.05) is 0 Å². The molecule has 0 N–H and O–H groups in total. The average molecular weight is 318 g/mol. The molecule has 3 aromatic carbocycles. The Labute approximate surface area is 132 Å². The van der Waals surface area contributed by atoms with Crippen LogP contribution in [0.4, 0.5) is 0 Å². The molecular formula is C18H15CoSi. The minimum Gasteiger partial charge on any atom is -0.0624 e. The maximum atomic E-state index is 2.24. The van der Waals surface area contributed by atoms with Gasteiger partial charge in [-0.15, -0.1) is 0 Å². The zero-order valence-corrected chi connectivity index (χ0v) is 13.0. The van der Waals surface area contributed by atoms with Crippen LogP contribution in [-0.2, 0) is 16.8 Å². The van der Waals surface area contributed by atoms with Gasteiger partial charge in [-0.1, -0.05) is 107 Å². The molecular weight excluding hydrogens is 303 g/mol. The molecule has 0 aromatic heterocycles. The van der Waals surface area contributed by atoms with Gasteiger partial charge in [-0.2, -0.15) is 0 Å². The van der Waals surface area contributed by atoms with Crippen molar-refractivity contribution in [3.05, 3.63) is 91.0 Å². The van der Waals surface area contributed by atoms with Crippen LogP contribution in [0.3, 0.4) is 0 Å². The van der Waals surface area contributed by atoms with Crippen molar-refractivity contribution in [2.45, 2.75) is 0 Å². The van der Waals surface area contributed by atoms with Crippen molar-refractivity contribution in [2.24, 2.45) is 0 Å². The number of benzene rings is 3. The largest absolute Gasteiger partial charge is 0.154 e. The Morgan fingerprint density at radius 2 is 0.650 bits per heavy atom. The van der Waals surface area contributed by atoms with E-state index in [-0.39, 0.29) is 16.8 Å². The summed E-state index contributed by atoms with van der Waals surface area (Å²) in [7, 11) is -0.877. The van der Waals surface area contributed by atoms with Gasteiger partial charge in [0.2, 0.25) is 0 Å². The number of hydrogen-bond donors (Lipinski definition) is 0. The molecule has 0 spiro atoms. The van der Waals surface area contributed by atoms with Gasteiger partial charge in [-0.05, 0) is 0 Å². The molecule has 0 aliphatic carbocycles. The van der Waals surface area contributed by atoms with Crippen LogP contribution in [-0.4, -0.2) is 8.80 Å². The molecule has 0 saturated carbocycles. The molecule has 100 valence electrons. The number of rotatable bonds is 3. The predicted octanol–water partition coefficient (Wildman–Crippen LogP) is 2.20. The zero-order valence-electron chi connectivity index (χ0n) is 11.0. The van der Waals surface area contributed by atoms with Gasteiger partial charge in [0.05, 0.1) is 0 Å². The minimum absolute atomic E-state index is 0. The van der Waals surface area contributed by atoms with Crippen molar-refractivity contribution in [1.82, 2.24) is 0 Å². The van der Waals surface area contributed by atoms with Crippen molar-refractivity contribution >= 4 is 24.4 Å². The topological polar surface area (TPSA) is 0 Å². The second-order valence-electron chi connectivity index (χ2n) is 4.47. The van der Waals surface area contributed by atoms with Gasteiger partial charge < -0.3 is 0 Å². The summed E-state index contributed by atoms with van der Waals surface area (Å²) in [6, 6.07) is 32.5. The second kappa shape index (κ2) is 7.24. The van der Waals surface area contributed by atoms with E-state index < -0.39 is 8.80 Å². The minimum atomic E-state index is -0.877. The fourth-order valence-electron chi connectivity index (χ4n) is 2.31. The van der Waals surface area contributed by atoms with Crippen LogP contribution in [0.1, 0.15) is 0 Å². The Kier molecular flexibility index (Phi) is 5.35. The molecule has 0 amide bonds. The molecule has 0 aliphatic heterocycles. The molecule has 0 bridgehead atoms. The monoisotopic (exact) mass is 318 g/mol. The van der Waals surface area contributed by atoms with E-state index in [1.807, 2.05) is 0 Å². The van der Waals surface area contributed by atoms with E-state index in [2.05, 4.69) is 91.0 Å². The molecule has 0 heterocycles. The van der Waals surface area contributed by atoms with Gasteiger partial charge in [-0.3, -0.25) is 0 Å². The van der Waals surface area contributed by atoms with Gasteiger partial charge in [0.15, 0.2) is 8.80 Å². The van der Waals surface area contributed by atoms with Crippen molar-refractivity contribution in [3.8, 4) is 0 Å². The molecule has 3 rings (SSSR count). The van der Waals surface area contributed by atoms with Gasteiger partial charge >= 0.3 is 0 Å². The molecule has 0 saturated heterocycles. The molecule has 0 aliphatic rings. The molecule has 0 fully saturated rings. The summed E-state index contributed by atoms with van der Waals surface area (Å²) in [4.78, 5) is 0. The van der Waals surface area contributed by atoms with E-state index in [4.69, 9.17) is 0 Å². The number of hydrogen-bond acceptors (Lipinski definition) is 0.